The molecular formula is C27H39N5O2. The summed E-state index contributed by atoms with van der Waals surface area (Å²) >= 11 is 0. The number of carbonyl (C=O) groups excluding carboxylic acids is 2. The Balaban J connectivity index is 1.20. The number of amides is 2. The largest absolute Gasteiger partial charge is 0.369 e. The van der Waals surface area contributed by atoms with Crippen LogP contribution in [0.4, 0.5) is 5.69 Å². The van der Waals surface area contributed by atoms with E-state index in [0.717, 1.165) is 54.6 Å². The van der Waals surface area contributed by atoms with E-state index in [0.29, 0.717) is 12.8 Å². The molecule has 0 radical (unpaired) electrons. The lowest BCUT2D eigenvalue weighted by Crippen LogP contribution is -2.47. The van der Waals surface area contributed by atoms with Crippen LogP contribution in [0, 0.1) is 11.8 Å². The molecule has 3 aliphatic rings. The van der Waals surface area contributed by atoms with Crippen molar-refractivity contribution < 1.29 is 9.59 Å². The molecule has 3 heterocycles. The second kappa shape index (κ2) is 10.1. The molecule has 5 rings (SSSR count). The first-order valence-corrected chi connectivity index (χ1v) is 13.3. The number of fused-ring (bicyclic) bond motifs is 1. The fourth-order valence-electron chi connectivity index (χ4n) is 6.38. The summed E-state index contributed by atoms with van der Waals surface area (Å²) in [7, 11) is 1.94. The van der Waals surface area contributed by atoms with Crippen LogP contribution in [-0.4, -0.2) is 59.2 Å². The third-order valence-electron chi connectivity index (χ3n) is 8.20. The first kappa shape index (κ1) is 23.3. The normalized spacial score (nSPS) is 23.9. The highest BCUT2D eigenvalue weighted by atomic mass is 16.2. The van der Waals surface area contributed by atoms with Crippen molar-refractivity contribution in [3.63, 3.8) is 0 Å². The van der Waals surface area contributed by atoms with Gasteiger partial charge < -0.3 is 4.90 Å². The smallest absolute Gasteiger partial charge is 0.235 e. The van der Waals surface area contributed by atoms with Crippen LogP contribution in [0.15, 0.2) is 18.2 Å². The van der Waals surface area contributed by atoms with Crippen LogP contribution < -0.4 is 10.2 Å². The van der Waals surface area contributed by atoms with Gasteiger partial charge in [0.25, 0.3) is 0 Å². The van der Waals surface area contributed by atoms with Gasteiger partial charge >= 0.3 is 0 Å². The van der Waals surface area contributed by atoms with Crippen molar-refractivity contribution in [2.75, 3.05) is 37.6 Å². The molecule has 1 N–H and O–H groups in total. The van der Waals surface area contributed by atoms with Crippen LogP contribution in [0.25, 0.3) is 10.9 Å². The number of rotatable bonds is 6. The number of hydrogen-bond acceptors (Lipinski definition) is 5. The van der Waals surface area contributed by atoms with Gasteiger partial charge in [0.1, 0.15) is 0 Å². The van der Waals surface area contributed by atoms with Crippen LogP contribution >= 0.6 is 0 Å². The second-order valence-corrected chi connectivity index (χ2v) is 10.8. The molecule has 3 fully saturated rings. The predicted octanol–water partition coefficient (Wildman–Crippen LogP) is 3.82. The van der Waals surface area contributed by atoms with E-state index in [9.17, 15) is 9.59 Å². The minimum absolute atomic E-state index is 0.189. The minimum atomic E-state index is -0.355. The Morgan fingerprint density at radius 3 is 2.56 bits per heavy atom. The van der Waals surface area contributed by atoms with Crippen molar-refractivity contribution in [2.45, 2.75) is 64.2 Å². The lowest BCUT2D eigenvalue weighted by Gasteiger charge is -2.37. The summed E-state index contributed by atoms with van der Waals surface area (Å²) in [5, 5.41) is 8.16. The summed E-state index contributed by atoms with van der Waals surface area (Å²) in [5.41, 5.74) is 3.05. The van der Waals surface area contributed by atoms with Gasteiger partial charge in [-0.3, -0.25) is 24.5 Å². The van der Waals surface area contributed by atoms with Crippen molar-refractivity contribution in [2.24, 2.45) is 18.9 Å². The lowest BCUT2D eigenvalue weighted by molar-refractivity contribution is -0.134. The maximum absolute atomic E-state index is 12.4. The number of aryl methyl sites for hydroxylation is 1. The number of hydrogen-bond donors (Lipinski definition) is 1. The summed E-state index contributed by atoms with van der Waals surface area (Å²) in [6.45, 7) is 7.97. The number of imide groups is 1. The predicted molar refractivity (Wildman–Crippen MR) is 135 cm³/mol. The molecule has 2 aliphatic heterocycles. The number of piperidine rings is 1. The molecule has 1 aliphatic carbocycles. The maximum Gasteiger partial charge on any atom is 0.235 e. The summed E-state index contributed by atoms with van der Waals surface area (Å²) in [6, 6.07) is 6.48. The molecule has 2 aromatic rings. The second-order valence-electron chi connectivity index (χ2n) is 10.8. The fourth-order valence-corrected chi connectivity index (χ4v) is 6.38. The van der Waals surface area contributed by atoms with Crippen LogP contribution in [0.2, 0.25) is 0 Å². The van der Waals surface area contributed by atoms with Crippen LogP contribution in [-0.2, 0) is 16.6 Å². The van der Waals surface area contributed by atoms with Gasteiger partial charge in [-0.15, -0.1) is 0 Å². The molecule has 7 heteroatoms. The van der Waals surface area contributed by atoms with Gasteiger partial charge in [0.2, 0.25) is 11.8 Å². The van der Waals surface area contributed by atoms with E-state index in [1.165, 1.54) is 50.8 Å². The number of piperazine rings is 1. The van der Waals surface area contributed by atoms with Crippen molar-refractivity contribution in [1.82, 2.24) is 20.0 Å². The van der Waals surface area contributed by atoms with E-state index in [1.54, 1.807) is 0 Å². The zero-order chi connectivity index (χ0) is 23.7. The molecule has 2 amide bonds. The van der Waals surface area contributed by atoms with Crippen molar-refractivity contribution in [3.05, 3.63) is 23.9 Å². The molecule has 2 atom stereocenters. The zero-order valence-corrected chi connectivity index (χ0v) is 20.8. The first-order valence-electron chi connectivity index (χ1n) is 13.3. The average Bonchev–Trinajstić information content (AvgIpc) is 3.16. The summed E-state index contributed by atoms with van der Waals surface area (Å²) < 4.78 is 1.88. The summed E-state index contributed by atoms with van der Waals surface area (Å²) in [6.07, 6.45) is 9.50. The van der Waals surface area contributed by atoms with Crippen molar-refractivity contribution in [3.8, 4) is 0 Å². The first-order chi connectivity index (χ1) is 16.5. The quantitative estimate of drug-likeness (QED) is 0.657. The van der Waals surface area contributed by atoms with E-state index in [1.807, 2.05) is 11.7 Å². The highest BCUT2D eigenvalue weighted by molar-refractivity contribution is 6.02. The standard InChI is InChI=1S/C27H39N5O2/c1-19(16-20-6-4-3-5-7-20)18-31-12-14-32(15-13-31)21-8-9-22-24(17-21)30(2)29-26(22)23-10-11-25(33)28-27(23)34/h8-9,17,19-20,23H,3-7,10-16,18H2,1-2H3,(H,28,33,34)/t19-,23?/m0/s1. The third-order valence-corrected chi connectivity index (χ3v) is 8.20. The maximum atomic E-state index is 12.4. The lowest BCUT2D eigenvalue weighted by atomic mass is 9.83. The Hall–Kier alpha value is -2.41. The number of benzene rings is 1. The number of carbonyl (C=O) groups is 2. The summed E-state index contributed by atoms with van der Waals surface area (Å²) in [4.78, 5) is 29.1. The van der Waals surface area contributed by atoms with Gasteiger partial charge in [-0.2, -0.15) is 5.10 Å². The van der Waals surface area contributed by atoms with Gasteiger partial charge in [0.05, 0.1) is 17.1 Å². The van der Waals surface area contributed by atoms with E-state index >= 15 is 0 Å². The van der Waals surface area contributed by atoms with Crippen LogP contribution in [0.5, 0.6) is 0 Å². The van der Waals surface area contributed by atoms with Gasteiger partial charge in [0, 0.05) is 57.3 Å². The van der Waals surface area contributed by atoms with Crippen molar-refractivity contribution >= 4 is 28.4 Å². The van der Waals surface area contributed by atoms with Crippen molar-refractivity contribution in [1.29, 1.82) is 0 Å². The van der Waals surface area contributed by atoms with Gasteiger partial charge in [-0.25, -0.2) is 0 Å². The van der Waals surface area contributed by atoms with E-state index in [-0.39, 0.29) is 17.7 Å². The topological polar surface area (TPSA) is 70.5 Å². The Labute approximate surface area is 202 Å². The molecule has 1 aromatic heterocycles. The average molecular weight is 466 g/mol. The molecule has 0 bridgehead atoms. The molecular weight excluding hydrogens is 426 g/mol. The fraction of sp³-hybridized carbons (Fsp3) is 0.667. The van der Waals surface area contributed by atoms with E-state index < -0.39 is 0 Å². The number of nitrogens with zero attached hydrogens (tertiary/aromatic N) is 4. The third kappa shape index (κ3) is 4.99. The Morgan fingerprint density at radius 1 is 1.06 bits per heavy atom. The molecule has 1 aromatic carbocycles. The Morgan fingerprint density at radius 2 is 1.82 bits per heavy atom. The highest BCUT2D eigenvalue weighted by Crippen LogP contribution is 2.33. The van der Waals surface area contributed by atoms with E-state index in [4.69, 9.17) is 0 Å². The molecule has 1 unspecified atom stereocenters. The van der Waals surface area contributed by atoms with Gasteiger partial charge in [0.15, 0.2) is 0 Å². The monoisotopic (exact) mass is 465 g/mol. The van der Waals surface area contributed by atoms with Gasteiger partial charge in [-0.1, -0.05) is 39.0 Å². The molecule has 7 nitrogen and oxygen atoms in total. The van der Waals surface area contributed by atoms with Crippen LogP contribution in [0.3, 0.4) is 0 Å². The molecule has 1 saturated carbocycles. The molecule has 2 saturated heterocycles. The highest BCUT2D eigenvalue weighted by Gasteiger charge is 2.32. The van der Waals surface area contributed by atoms with Crippen LogP contribution in [0.1, 0.15) is 69.9 Å². The zero-order valence-electron chi connectivity index (χ0n) is 20.8. The summed E-state index contributed by atoms with van der Waals surface area (Å²) in [5.74, 6) is 0.971. The van der Waals surface area contributed by atoms with Gasteiger partial charge in [-0.05, 0) is 42.9 Å². The number of anilines is 1. The van der Waals surface area contributed by atoms with E-state index in [2.05, 4.69) is 45.3 Å². The molecule has 0 spiro atoms. The SMILES string of the molecule is C[C@@H](CC1CCCCC1)CN1CCN(c2ccc3c(C4CCC(=O)NC4=O)nn(C)c3c2)CC1. The number of aromatic nitrogens is 2. The number of nitrogens with one attached hydrogen (secondary N) is 1. The Bertz CT molecular complexity index is 1030. The molecule has 184 valence electrons. The molecule has 34 heavy (non-hydrogen) atoms. The minimum Gasteiger partial charge on any atom is -0.369 e. The Kier molecular flexibility index (Phi) is 6.91.